The summed E-state index contributed by atoms with van der Waals surface area (Å²) in [6.45, 7) is 1.94. The molecular formula is C30H19F11O. The molecule has 4 aromatic rings. The molecule has 0 bridgehead atoms. The first-order valence-electron chi connectivity index (χ1n) is 12.3. The molecule has 0 aliphatic carbocycles. The molecular weight excluding hydrogens is 585 g/mol. The summed E-state index contributed by atoms with van der Waals surface area (Å²) in [5.74, 6) is -10.9. The number of alkyl halides is 5. The summed E-state index contributed by atoms with van der Waals surface area (Å²) in [6.07, 6.45) is -7.74. The second-order valence-corrected chi connectivity index (χ2v) is 9.31. The fourth-order valence-electron chi connectivity index (χ4n) is 4.32. The summed E-state index contributed by atoms with van der Waals surface area (Å²) in [4.78, 5) is 0. The molecule has 0 saturated carbocycles. The van der Waals surface area contributed by atoms with Crippen LogP contribution < -0.4 is 4.74 Å². The van der Waals surface area contributed by atoms with Gasteiger partial charge in [0.2, 0.25) is 0 Å². The van der Waals surface area contributed by atoms with E-state index < -0.39 is 80.8 Å². The van der Waals surface area contributed by atoms with Gasteiger partial charge in [-0.2, -0.15) is 22.0 Å². The van der Waals surface area contributed by atoms with Gasteiger partial charge in [0, 0.05) is 17.7 Å². The molecule has 1 nitrogen and oxygen atoms in total. The summed E-state index contributed by atoms with van der Waals surface area (Å²) >= 11 is 0. The number of rotatable bonds is 8. The zero-order chi connectivity index (χ0) is 31.0. The van der Waals surface area contributed by atoms with Gasteiger partial charge in [-0.05, 0) is 59.9 Å². The van der Waals surface area contributed by atoms with Gasteiger partial charge < -0.3 is 4.74 Å². The van der Waals surface area contributed by atoms with Crippen LogP contribution in [0.5, 0.6) is 5.75 Å². The first-order valence-corrected chi connectivity index (χ1v) is 12.3. The average Bonchev–Trinajstić information content (AvgIpc) is 2.85. The quantitative estimate of drug-likeness (QED) is 0.182. The number of benzene rings is 4. The lowest BCUT2D eigenvalue weighted by Gasteiger charge is -2.21. The zero-order valence-corrected chi connectivity index (χ0v) is 21.5. The fraction of sp³-hybridized carbons (Fsp3) is 0.200. The number of hydrogen-bond acceptors (Lipinski definition) is 1. The molecule has 0 fully saturated rings. The standard InChI is InChI=1S/C30H19F11O/c1-2-3-4-15-5-7-19(21(31)9-15)17-11-25(35)28(26(36)12-17)30(40,41)42-18-13-23(33)27(24(34)14-18)16-6-8-20(22(32)10-16)29(37,38)39/h5-14H,2-4H2,1H3. The molecule has 0 amide bonds. The Morgan fingerprint density at radius 2 is 1.21 bits per heavy atom. The first kappa shape index (κ1) is 30.9. The Balaban J connectivity index is 1.63. The Morgan fingerprint density at radius 1 is 0.619 bits per heavy atom. The molecule has 0 radical (unpaired) electrons. The Bertz CT molecular complexity index is 1580. The van der Waals surface area contributed by atoms with Crippen molar-refractivity contribution in [1.82, 2.24) is 0 Å². The molecule has 0 N–H and O–H groups in total. The second kappa shape index (κ2) is 11.7. The van der Waals surface area contributed by atoms with Gasteiger partial charge in [0.25, 0.3) is 0 Å². The van der Waals surface area contributed by atoms with Gasteiger partial charge in [-0.1, -0.05) is 31.5 Å². The topological polar surface area (TPSA) is 9.23 Å². The molecule has 0 heterocycles. The highest BCUT2D eigenvalue weighted by molar-refractivity contribution is 5.67. The van der Waals surface area contributed by atoms with E-state index >= 15 is 0 Å². The van der Waals surface area contributed by atoms with Gasteiger partial charge in [-0.15, -0.1) is 0 Å². The minimum Gasteiger partial charge on any atom is -0.429 e. The zero-order valence-electron chi connectivity index (χ0n) is 21.5. The molecule has 0 saturated heterocycles. The van der Waals surface area contributed by atoms with Crippen LogP contribution in [0.1, 0.15) is 36.5 Å². The van der Waals surface area contributed by atoms with Crippen molar-refractivity contribution in [1.29, 1.82) is 0 Å². The fourth-order valence-corrected chi connectivity index (χ4v) is 4.32. The number of aryl methyl sites for hydroxylation is 1. The van der Waals surface area contributed by atoms with Crippen LogP contribution in [0.3, 0.4) is 0 Å². The van der Waals surface area contributed by atoms with Crippen molar-refractivity contribution in [3.05, 3.63) is 112 Å². The number of halogens is 11. The van der Waals surface area contributed by atoms with E-state index in [-0.39, 0.29) is 29.8 Å². The molecule has 0 aliphatic heterocycles. The number of unbranched alkanes of at least 4 members (excludes halogenated alkanes) is 1. The van der Waals surface area contributed by atoms with Crippen LogP contribution in [-0.2, 0) is 18.7 Å². The summed E-state index contributed by atoms with van der Waals surface area (Å²) in [5, 5.41) is 0. The SMILES string of the molecule is CCCCc1ccc(-c2cc(F)c(C(F)(F)Oc3cc(F)c(-c4ccc(C(F)(F)F)c(F)c4)c(F)c3)c(F)c2)c(F)c1. The van der Waals surface area contributed by atoms with Crippen molar-refractivity contribution in [2.45, 2.75) is 38.5 Å². The monoisotopic (exact) mass is 604 g/mol. The molecule has 4 rings (SSSR count). The molecule has 0 atom stereocenters. The van der Waals surface area contributed by atoms with Crippen LogP contribution in [0.25, 0.3) is 22.3 Å². The number of hydrogen-bond donors (Lipinski definition) is 0. The van der Waals surface area contributed by atoms with Crippen molar-refractivity contribution in [3.8, 4) is 28.0 Å². The van der Waals surface area contributed by atoms with Crippen molar-refractivity contribution in [2.75, 3.05) is 0 Å². The van der Waals surface area contributed by atoms with Crippen molar-refractivity contribution < 1.29 is 53.0 Å². The third-order valence-electron chi connectivity index (χ3n) is 6.32. The van der Waals surface area contributed by atoms with Crippen LogP contribution in [0.2, 0.25) is 0 Å². The normalized spacial score (nSPS) is 12.1. The summed E-state index contributed by atoms with van der Waals surface area (Å²) in [7, 11) is 0. The highest BCUT2D eigenvalue weighted by Gasteiger charge is 2.42. The van der Waals surface area contributed by atoms with Crippen LogP contribution in [0, 0.1) is 34.9 Å². The maximum atomic E-state index is 14.9. The molecule has 222 valence electrons. The average molecular weight is 604 g/mol. The van der Waals surface area contributed by atoms with E-state index in [1.807, 2.05) is 6.92 Å². The highest BCUT2D eigenvalue weighted by atomic mass is 19.4. The van der Waals surface area contributed by atoms with Crippen LogP contribution in [-0.4, -0.2) is 0 Å². The summed E-state index contributed by atoms with van der Waals surface area (Å²) in [5.41, 5.74) is -5.41. The molecule has 42 heavy (non-hydrogen) atoms. The Morgan fingerprint density at radius 3 is 1.74 bits per heavy atom. The highest BCUT2D eigenvalue weighted by Crippen LogP contribution is 2.40. The maximum Gasteiger partial charge on any atom is 0.432 e. The minimum absolute atomic E-state index is 0.182. The Hall–Kier alpha value is -4.09. The van der Waals surface area contributed by atoms with Gasteiger partial charge >= 0.3 is 12.3 Å². The van der Waals surface area contributed by atoms with Gasteiger partial charge in [0.15, 0.2) is 0 Å². The van der Waals surface area contributed by atoms with E-state index in [1.54, 1.807) is 0 Å². The summed E-state index contributed by atoms with van der Waals surface area (Å²) in [6, 6.07) is 6.21. The Labute approximate surface area is 232 Å². The lowest BCUT2D eigenvalue weighted by atomic mass is 9.99. The largest absolute Gasteiger partial charge is 0.432 e. The molecule has 4 aromatic carbocycles. The third-order valence-corrected chi connectivity index (χ3v) is 6.32. The van der Waals surface area contributed by atoms with E-state index in [1.165, 1.54) is 12.1 Å². The summed E-state index contributed by atoms with van der Waals surface area (Å²) < 4.78 is 160. The lowest BCUT2D eigenvalue weighted by Crippen LogP contribution is -2.25. The molecule has 0 aliphatic rings. The van der Waals surface area contributed by atoms with Gasteiger partial charge in [0.1, 0.15) is 46.2 Å². The van der Waals surface area contributed by atoms with Crippen molar-refractivity contribution in [3.63, 3.8) is 0 Å². The smallest absolute Gasteiger partial charge is 0.429 e. The third kappa shape index (κ3) is 6.37. The van der Waals surface area contributed by atoms with Gasteiger partial charge in [-0.3, -0.25) is 0 Å². The predicted octanol–water partition coefficient (Wildman–Crippen LogP) is 10.3. The van der Waals surface area contributed by atoms with Gasteiger partial charge in [0.05, 0.1) is 11.1 Å². The van der Waals surface area contributed by atoms with Crippen LogP contribution in [0.15, 0.2) is 60.7 Å². The van der Waals surface area contributed by atoms with E-state index in [2.05, 4.69) is 4.74 Å². The lowest BCUT2D eigenvalue weighted by molar-refractivity contribution is -0.189. The number of ether oxygens (including phenoxy) is 1. The molecule has 12 heteroatoms. The maximum absolute atomic E-state index is 14.9. The Kier molecular flexibility index (Phi) is 8.56. The van der Waals surface area contributed by atoms with E-state index in [0.717, 1.165) is 18.9 Å². The van der Waals surface area contributed by atoms with Crippen LogP contribution in [0.4, 0.5) is 48.3 Å². The first-order chi connectivity index (χ1) is 19.6. The van der Waals surface area contributed by atoms with E-state index in [0.29, 0.717) is 30.2 Å². The van der Waals surface area contributed by atoms with E-state index in [9.17, 15) is 48.3 Å². The molecule has 0 unspecified atom stereocenters. The second-order valence-electron chi connectivity index (χ2n) is 9.31. The molecule has 0 spiro atoms. The minimum atomic E-state index is -5.08. The van der Waals surface area contributed by atoms with Crippen molar-refractivity contribution in [2.24, 2.45) is 0 Å². The van der Waals surface area contributed by atoms with E-state index in [4.69, 9.17) is 0 Å². The van der Waals surface area contributed by atoms with Crippen molar-refractivity contribution >= 4 is 0 Å². The van der Waals surface area contributed by atoms with Gasteiger partial charge in [-0.25, -0.2) is 26.3 Å². The predicted molar refractivity (Wildman–Crippen MR) is 132 cm³/mol. The van der Waals surface area contributed by atoms with Crippen LogP contribution >= 0.6 is 0 Å². The molecule has 0 aromatic heterocycles.